The molecule has 1 aromatic carbocycles. The molecule has 5 nitrogen and oxygen atoms in total. The average Bonchev–Trinajstić information content (AvgIpc) is 2.38. The zero-order chi connectivity index (χ0) is 15.1. The lowest BCUT2D eigenvalue weighted by Gasteiger charge is -2.44. The fourth-order valence-electron chi connectivity index (χ4n) is 2.39. The summed E-state index contributed by atoms with van der Waals surface area (Å²) in [6.45, 7) is 4.32. The Kier molecular flexibility index (Phi) is 3.65. The summed E-state index contributed by atoms with van der Waals surface area (Å²) < 4.78 is 0. The summed E-state index contributed by atoms with van der Waals surface area (Å²) in [5.74, 6) is -0.498. The fourth-order valence-corrected chi connectivity index (χ4v) is 2.59. The van der Waals surface area contributed by atoms with Crippen LogP contribution < -0.4 is 0 Å². The van der Waals surface area contributed by atoms with Crippen LogP contribution in [0.5, 0.6) is 5.75 Å². The molecule has 1 aliphatic rings. The highest BCUT2D eigenvalue weighted by atomic mass is 35.5. The van der Waals surface area contributed by atoms with Crippen LogP contribution in [0.15, 0.2) is 18.2 Å². The molecular formula is C14H17ClN2O3. The standard InChI is InChI=1S/C14H17ClN2O3/c1-14(2)13(20)16(3)6-7-17(14)12(19)10-8-9(18)4-5-11(10)15/h4-5,8,18H,6-7H2,1-3H3. The van der Waals surface area contributed by atoms with Crippen molar-refractivity contribution in [3.05, 3.63) is 28.8 Å². The largest absolute Gasteiger partial charge is 0.508 e. The number of rotatable bonds is 1. The maximum atomic E-state index is 12.6. The molecule has 1 fully saturated rings. The molecule has 1 N–H and O–H groups in total. The van der Waals surface area contributed by atoms with E-state index in [2.05, 4.69) is 0 Å². The number of nitrogens with zero attached hydrogens (tertiary/aromatic N) is 2. The zero-order valence-electron chi connectivity index (χ0n) is 11.7. The zero-order valence-corrected chi connectivity index (χ0v) is 12.4. The van der Waals surface area contributed by atoms with Gasteiger partial charge in [0, 0.05) is 20.1 Å². The molecule has 0 aromatic heterocycles. The highest BCUT2D eigenvalue weighted by Crippen LogP contribution is 2.28. The van der Waals surface area contributed by atoms with Crippen LogP contribution in [0.3, 0.4) is 0 Å². The maximum Gasteiger partial charge on any atom is 0.256 e. The highest BCUT2D eigenvalue weighted by Gasteiger charge is 2.43. The van der Waals surface area contributed by atoms with Crippen molar-refractivity contribution in [3.8, 4) is 5.75 Å². The second-order valence-electron chi connectivity index (χ2n) is 5.41. The van der Waals surface area contributed by atoms with Crippen LogP contribution in [0.1, 0.15) is 24.2 Å². The van der Waals surface area contributed by atoms with Gasteiger partial charge in [0.25, 0.3) is 5.91 Å². The third kappa shape index (κ3) is 2.33. The Labute approximate surface area is 122 Å². The van der Waals surface area contributed by atoms with Gasteiger partial charge in [0.2, 0.25) is 5.91 Å². The summed E-state index contributed by atoms with van der Waals surface area (Å²) in [7, 11) is 1.72. The summed E-state index contributed by atoms with van der Waals surface area (Å²) in [5, 5.41) is 9.76. The number of halogens is 1. The molecule has 2 amide bonds. The molecule has 0 unspecified atom stereocenters. The van der Waals surface area contributed by atoms with Crippen LogP contribution in [0.4, 0.5) is 0 Å². The second-order valence-corrected chi connectivity index (χ2v) is 5.81. The average molecular weight is 297 g/mol. The second kappa shape index (κ2) is 4.98. The van der Waals surface area contributed by atoms with Gasteiger partial charge in [0.05, 0.1) is 10.6 Å². The molecular weight excluding hydrogens is 280 g/mol. The van der Waals surface area contributed by atoms with Crippen LogP contribution in [0, 0.1) is 0 Å². The number of benzene rings is 1. The van der Waals surface area contributed by atoms with E-state index in [-0.39, 0.29) is 28.1 Å². The topological polar surface area (TPSA) is 60.9 Å². The minimum atomic E-state index is -0.932. The molecule has 1 saturated heterocycles. The van der Waals surface area contributed by atoms with Gasteiger partial charge in [-0.15, -0.1) is 0 Å². The number of phenols is 1. The summed E-state index contributed by atoms with van der Waals surface area (Å²) in [4.78, 5) is 27.9. The summed E-state index contributed by atoms with van der Waals surface area (Å²) in [6.07, 6.45) is 0. The van der Waals surface area contributed by atoms with E-state index in [1.165, 1.54) is 23.1 Å². The fraction of sp³-hybridized carbons (Fsp3) is 0.429. The first-order valence-electron chi connectivity index (χ1n) is 6.31. The quantitative estimate of drug-likeness (QED) is 0.859. The first-order valence-corrected chi connectivity index (χ1v) is 6.69. The van der Waals surface area contributed by atoms with E-state index in [1.54, 1.807) is 25.8 Å². The molecule has 6 heteroatoms. The van der Waals surface area contributed by atoms with E-state index in [1.807, 2.05) is 0 Å². The van der Waals surface area contributed by atoms with Gasteiger partial charge in [-0.25, -0.2) is 0 Å². The van der Waals surface area contributed by atoms with Crippen LogP contribution in [0.25, 0.3) is 0 Å². The summed E-state index contributed by atoms with van der Waals surface area (Å²) in [5.41, 5.74) is -0.726. The van der Waals surface area contributed by atoms with E-state index in [0.717, 1.165) is 0 Å². The maximum absolute atomic E-state index is 12.6. The molecule has 0 spiro atoms. The van der Waals surface area contributed by atoms with Gasteiger partial charge in [-0.1, -0.05) is 11.6 Å². The molecule has 1 aliphatic heterocycles. The van der Waals surface area contributed by atoms with Gasteiger partial charge in [-0.2, -0.15) is 0 Å². The Hall–Kier alpha value is -1.75. The number of hydrogen-bond acceptors (Lipinski definition) is 3. The molecule has 0 atom stereocenters. The van der Waals surface area contributed by atoms with E-state index in [9.17, 15) is 14.7 Å². The van der Waals surface area contributed by atoms with E-state index in [0.29, 0.717) is 13.1 Å². The number of phenolic OH excluding ortho intramolecular Hbond substituents is 1. The third-order valence-corrected chi connectivity index (χ3v) is 3.96. The first kappa shape index (κ1) is 14.7. The van der Waals surface area contributed by atoms with Gasteiger partial charge in [-0.05, 0) is 32.0 Å². The normalized spacial score (nSPS) is 18.3. The Bertz CT molecular complexity index is 572. The van der Waals surface area contributed by atoms with Crippen molar-refractivity contribution < 1.29 is 14.7 Å². The Morgan fingerprint density at radius 3 is 2.65 bits per heavy atom. The summed E-state index contributed by atoms with van der Waals surface area (Å²) in [6, 6.07) is 4.21. The van der Waals surface area contributed by atoms with Crippen LogP contribution in [-0.4, -0.2) is 52.4 Å². The lowest BCUT2D eigenvalue weighted by molar-refractivity contribution is -0.144. The number of likely N-dealkylation sites (N-methyl/N-ethyl adjacent to an activating group) is 1. The number of aromatic hydroxyl groups is 1. The number of carbonyl (C=O) groups is 2. The summed E-state index contributed by atoms with van der Waals surface area (Å²) >= 11 is 6.01. The molecule has 0 aliphatic carbocycles. The number of amides is 2. The molecule has 0 saturated carbocycles. The highest BCUT2D eigenvalue weighted by molar-refractivity contribution is 6.34. The molecule has 2 rings (SSSR count). The van der Waals surface area contributed by atoms with E-state index in [4.69, 9.17) is 11.6 Å². The molecule has 1 aromatic rings. The first-order chi connectivity index (χ1) is 9.25. The molecule has 108 valence electrons. The van der Waals surface area contributed by atoms with E-state index >= 15 is 0 Å². The van der Waals surface area contributed by atoms with E-state index < -0.39 is 5.54 Å². The predicted molar refractivity (Wildman–Crippen MR) is 75.9 cm³/mol. The predicted octanol–water partition coefficient (Wildman–Crippen LogP) is 1.74. The Balaban J connectivity index is 2.38. The molecule has 0 radical (unpaired) electrons. The van der Waals surface area contributed by atoms with Crippen molar-refractivity contribution in [2.45, 2.75) is 19.4 Å². The minimum Gasteiger partial charge on any atom is -0.508 e. The lowest BCUT2D eigenvalue weighted by atomic mass is 9.96. The lowest BCUT2D eigenvalue weighted by Crippen LogP contribution is -2.63. The molecule has 1 heterocycles. The smallest absolute Gasteiger partial charge is 0.256 e. The number of hydrogen-bond donors (Lipinski definition) is 1. The SMILES string of the molecule is CN1CCN(C(=O)c2cc(O)ccc2Cl)C(C)(C)C1=O. The van der Waals surface area contributed by atoms with Gasteiger partial charge < -0.3 is 14.9 Å². The van der Waals surface area contributed by atoms with Crippen molar-refractivity contribution in [2.75, 3.05) is 20.1 Å². The van der Waals surface area contributed by atoms with Crippen LogP contribution in [-0.2, 0) is 4.79 Å². The third-order valence-electron chi connectivity index (χ3n) is 3.63. The van der Waals surface area contributed by atoms with Crippen molar-refractivity contribution >= 4 is 23.4 Å². The van der Waals surface area contributed by atoms with Crippen LogP contribution in [0.2, 0.25) is 5.02 Å². The van der Waals surface area contributed by atoms with Crippen molar-refractivity contribution in [1.82, 2.24) is 9.80 Å². The number of piperazine rings is 1. The van der Waals surface area contributed by atoms with Crippen molar-refractivity contribution in [1.29, 1.82) is 0 Å². The Morgan fingerprint density at radius 1 is 1.35 bits per heavy atom. The Morgan fingerprint density at radius 2 is 2.00 bits per heavy atom. The van der Waals surface area contributed by atoms with Crippen LogP contribution >= 0.6 is 11.6 Å². The number of carbonyl (C=O) groups excluding carboxylic acids is 2. The monoisotopic (exact) mass is 296 g/mol. The van der Waals surface area contributed by atoms with Gasteiger partial charge in [-0.3, -0.25) is 9.59 Å². The molecule has 0 bridgehead atoms. The minimum absolute atomic E-state index is 0.0315. The van der Waals surface area contributed by atoms with Gasteiger partial charge in [0.1, 0.15) is 11.3 Å². The van der Waals surface area contributed by atoms with Crippen molar-refractivity contribution in [2.24, 2.45) is 0 Å². The van der Waals surface area contributed by atoms with Gasteiger partial charge in [0.15, 0.2) is 0 Å². The molecule has 20 heavy (non-hydrogen) atoms. The van der Waals surface area contributed by atoms with Gasteiger partial charge >= 0.3 is 0 Å². The van der Waals surface area contributed by atoms with Crippen molar-refractivity contribution in [3.63, 3.8) is 0 Å².